The second-order valence-corrected chi connectivity index (χ2v) is 6.00. The molecule has 0 aliphatic rings. The third-order valence-electron chi connectivity index (χ3n) is 2.48. The zero-order valence-corrected chi connectivity index (χ0v) is 10.3. The molecule has 17 heavy (non-hydrogen) atoms. The Labute approximate surface area is 106 Å². The van der Waals surface area contributed by atoms with Crippen LogP contribution in [0.1, 0.15) is 9.67 Å². The van der Waals surface area contributed by atoms with Gasteiger partial charge in [0.05, 0.1) is 4.01 Å². The van der Waals surface area contributed by atoms with Gasteiger partial charge in [-0.3, -0.25) is 0 Å². The molecule has 1 aromatic carbocycles. The number of carbonyl (C=O) groups is 1. The van der Waals surface area contributed by atoms with Crippen molar-refractivity contribution < 1.29 is 9.90 Å². The van der Waals surface area contributed by atoms with Crippen LogP contribution in [-0.4, -0.2) is 11.1 Å². The van der Waals surface area contributed by atoms with Gasteiger partial charge in [0.2, 0.25) is 0 Å². The molecular formula is C13H8O2S2. The molecule has 0 bridgehead atoms. The number of benzene rings is 1. The number of fused-ring (bicyclic) bond motifs is 1. The van der Waals surface area contributed by atoms with Gasteiger partial charge >= 0.3 is 5.97 Å². The van der Waals surface area contributed by atoms with Gasteiger partial charge in [0, 0.05) is 10.3 Å². The van der Waals surface area contributed by atoms with E-state index >= 15 is 0 Å². The zero-order chi connectivity index (χ0) is 11.8. The summed E-state index contributed by atoms with van der Waals surface area (Å²) in [7, 11) is 0. The van der Waals surface area contributed by atoms with E-state index in [1.54, 1.807) is 17.4 Å². The first-order valence-electron chi connectivity index (χ1n) is 5.06. The Kier molecular flexibility index (Phi) is 2.46. The minimum absolute atomic E-state index is 0.408. The first-order valence-corrected chi connectivity index (χ1v) is 6.69. The van der Waals surface area contributed by atoms with Crippen molar-refractivity contribution in [3.63, 3.8) is 0 Å². The topological polar surface area (TPSA) is 37.3 Å². The molecule has 2 aromatic heterocycles. The normalized spacial score (nSPS) is 10.8. The van der Waals surface area contributed by atoms with E-state index in [-0.39, 0.29) is 0 Å². The lowest BCUT2D eigenvalue weighted by molar-refractivity contribution is 0.0702. The van der Waals surface area contributed by atoms with Crippen molar-refractivity contribution in [3.8, 4) is 10.4 Å². The molecule has 1 N–H and O–H groups in total. The van der Waals surface area contributed by atoms with Crippen LogP contribution in [0, 0.1) is 0 Å². The van der Waals surface area contributed by atoms with Gasteiger partial charge in [-0.15, -0.1) is 22.7 Å². The van der Waals surface area contributed by atoms with Crippen LogP contribution in [0.15, 0.2) is 42.5 Å². The highest BCUT2D eigenvalue weighted by molar-refractivity contribution is 7.40. The quantitative estimate of drug-likeness (QED) is 0.744. The van der Waals surface area contributed by atoms with E-state index in [9.17, 15) is 4.79 Å². The minimum Gasteiger partial charge on any atom is -0.477 e. The van der Waals surface area contributed by atoms with E-state index in [4.69, 9.17) is 5.11 Å². The van der Waals surface area contributed by atoms with Crippen LogP contribution >= 0.6 is 22.7 Å². The molecule has 0 radical (unpaired) electrons. The van der Waals surface area contributed by atoms with Crippen molar-refractivity contribution in [3.05, 3.63) is 47.3 Å². The SMILES string of the molecule is O=C(O)c1cc2cc(-c3ccccc3)sc2s1. The van der Waals surface area contributed by atoms with Gasteiger partial charge in [0.15, 0.2) is 0 Å². The molecule has 0 saturated heterocycles. The molecule has 0 aliphatic heterocycles. The molecule has 3 rings (SSSR count). The number of hydrogen-bond donors (Lipinski definition) is 1. The van der Waals surface area contributed by atoms with Crippen molar-refractivity contribution in [2.75, 3.05) is 0 Å². The summed E-state index contributed by atoms with van der Waals surface area (Å²) in [6, 6.07) is 13.9. The molecule has 0 fully saturated rings. The molecule has 0 spiro atoms. The fourth-order valence-corrected chi connectivity index (χ4v) is 3.98. The second kappa shape index (κ2) is 3.98. The Morgan fingerprint density at radius 2 is 1.82 bits per heavy atom. The maximum atomic E-state index is 10.8. The van der Waals surface area contributed by atoms with Crippen LogP contribution in [-0.2, 0) is 0 Å². The van der Waals surface area contributed by atoms with Crippen molar-refractivity contribution in [2.24, 2.45) is 0 Å². The fraction of sp³-hybridized carbons (Fsp3) is 0. The van der Waals surface area contributed by atoms with Gasteiger partial charge in [0.1, 0.15) is 4.88 Å². The highest BCUT2D eigenvalue weighted by Gasteiger charge is 2.11. The molecule has 84 valence electrons. The highest BCUT2D eigenvalue weighted by Crippen LogP contribution is 2.38. The van der Waals surface area contributed by atoms with Crippen LogP contribution < -0.4 is 0 Å². The molecule has 0 unspecified atom stereocenters. The zero-order valence-electron chi connectivity index (χ0n) is 8.71. The van der Waals surface area contributed by atoms with Gasteiger partial charge in [-0.1, -0.05) is 30.3 Å². The number of aromatic carboxylic acids is 1. The number of thiophene rings is 2. The summed E-state index contributed by atoms with van der Waals surface area (Å²) in [6.07, 6.45) is 0. The van der Waals surface area contributed by atoms with Crippen LogP contribution in [0.25, 0.3) is 19.8 Å². The number of carboxylic acids is 1. The third-order valence-corrected chi connectivity index (χ3v) is 4.91. The second-order valence-electron chi connectivity index (χ2n) is 3.64. The van der Waals surface area contributed by atoms with E-state index in [0.717, 1.165) is 9.40 Å². The Morgan fingerprint density at radius 3 is 2.47 bits per heavy atom. The van der Waals surface area contributed by atoms with Crippen molar-refractivity contribution >= 4 is 38.0 Å². The molecule has 4 heteroatoms. The Hall–Kier alpha value is -1.65. The van der Waals surface area contributed by atoms with Crippen LogP contribution in [0.3, 0.4) is 0 Å². The Bertz CT molecular complexity index is 648. The lowest BCUT2D eigenvalue weighted by atomic mass is 10.2. The van der Waals surface area contributed by atoms with Crippen molar-refractivity contribution in [2.45, 2.75) is 0 Å². The number of hydrogen-bond acceptors (Lipinski definition) is 3. The molecule has 3 aromatic rings. The van der Waals surface area contributed by atoms with Crippen LogP contribution in [0.5, 0.6) is 0 Å². The number of carboxylic acid groups (broad SMARTS) is 1. The predicted molar refractivity (Wildman–Crippen MR) is 72.1 cm³/mol. The minimum atomic E-state index is -0.848. The maximum absolute atomic E-state index is 10.8. The monoisotopic (exact) mass is 260 g/mol. The highest BCUT2D eigenvalue weighted by atomic mass is 32.2. The van der Waals surface area contributed by atoms with Crippen LogP contribution in [0.4, 0.5) is 0 Å². The summed E-state index contributed by atoms with van der Waals surface area (Å²) in [4.78, 5) is 12.4. The van der Waals surface area contributed by atoms with E-state index in [0.29, 0.717) is 4.88 Å². The first-order chi connectivity index (χ1) is 8.24. The number of rotatable bonds is 2. The first kappa shape index (κ1) is 10.5. The average molecular weight is 260 g/mol. The van der Waals surface area contributed by atoms with Gasteiger partial charge in [0.25, 0.3) is 0 Å². The summed E-state index contributed by atoms with van der Waals surface area (Å²) in [5.41, 5.74) is 1.18. The van der Waals surface area contributed by atoms with Gasteiger partial charge < -0.3 is 5.11 Å². The molecule has 0 amide bonds. The summed E-state index contributed by atoms with van der Waals surface area (Å²) in [6.45, 7) is 0. The lowest BCUT2D eigenvalue weighted by Crippen LogP contribution is -1.89. The molecule has 0 atom stereocenters. The average Bonchev–Trinajstić information content (AvgIpc) is 2.87. The van der Waals surface area contributed by atoms with Gasteiger partial charge in [-0.05, 0) is 17.7 Å². The molecule has 2 heterocycles. The molecule has 2 nitrogen and oxygen atoms in total. The predicted octanol–water partition coefficient (Wildman–Crippen LogP) is 4.33. The molecule has 0 saturated carbocycles. The summed E-state index contributed by atoms with van der Waals surface area (Å²) in [5.74, 6) is -0.848. The Morgan fingerprint density at radius 1 is 1.06 bits per heavy atom. The lowest BCUT2D eigenvalue weighted by Gasteiger charge is -1.94. The van der Waals surface area contributed by atoms with Crippen molar-refractivity contribution in [1.82, 2.24) is 0 Å². The molecular weight excluding hydrogens is 252 g/mol. The van der Waals surface area contributed by atoms with Crippen LogP contribution in [0.2, 0.25) is 0 Å². The maximum Gasteiger partial charge on any atom is 0.345 e. The summed E-state index contributed by atoms with van der Waals surface area (Å²) >= 11 is 2.98. The van der Waals surface area contributed by atoms with E-state index in [1.165, 1.54) is 21.8 Å². The smallest absolute Gasteiger partial charge is 0.345 e. The summed E-state index contributed by atoms with van der Waals surface area (Å²) in [5, 5.41) is 9.93. The summed E-state index contributed by atoms with van der Waals surface area (Å²) < 4.78 is 1.07. The van der Waals surface area contributed by atoms with Gasteiger partial charge in [-0.2, -0.15) is 0 Å². The standard InChI is InChI=1S/C13H8O2S2/c14-12(15)11-7-9-6-10(16-13(9)17-11)8-4-2-1-3-5-8/h1-7H,(H,14,15). The van der Waals surface area contributed by atoms with Gasteiger partial charge in [-0.25, -0.2) is 4.79 Å². The fourth-order valence-electron chi connectivity index (χ4n) is 1.69. The largest absolute Gasteiger partial charge is 0.477 e. The third kappa shape index (κ3) is 1.85. The molecule has 0 aliphatic carbocycles. The van der Waals surface area contributed by atoms with Crippen molar-refractivity contribution in [1.29, 1.82) is 0 Å². The van der Waals surface area contributed by atoms with E-state index < -0.39 is 5.97 Å². The Balaban J connectivity index is 2.10. The van der Waals surface area contributed by atoms with E-state index in [1.807, 2.05) is 18.2 Å². The van der Waals surface area contributed by atoms with E-state index in [2.05, 4.69) is 18.2 Å².